The maximum absolute atomic E-state index is 6.00. The standard InChI is InChI=1S/C14H23N3O3/c1-4-15-13-12(19-3)14(17-9-16-13)20-11-7-5-6-10(8-11)18-2/h9-11H,4-8H2,1-3H3,(H,15,16,17). The molecule has 0 saturated heterocycles. The summed E-state index contributed by atoms with van der Waals surface area (Å²) in [5.74, 6) is 1.73. The van der Waals surface area contributed by atoms with Crippen molar-refractivity contribution in [1.29, 1.82) is 0 Å². The summed E-state index contributed by atoms with van der Waals surface area (Å²) in [6, 6.07) is 0. The van der Waals surface area contributed by atoms with Crippen LogP contribution in [0.5, 0.6) is 11.6 Å². The minimum absolute atomic E-state index is 0.118. The van der Waals surface area contributed by atoms with Gasteiger partial charge in [0, 0.05) is 20.1 Å². The van der Waals surface area contributed by atoms with E-state index >= 15 is 0 Å². The average molecular weight is 281 g/mol. The molecule has 112 valence electrons. The second-order valence-electron chi connectivity index (χ2n) is 4.86. The Morgan fingerprint density at radius 1 is 1.25 bits per heavy atom. The number of aromatic nitrogens is 2. The first-order valence-electron chi connectivity index (χ1n) is 7.10. The third-order valence-electron chi connectivity index (χ3n) is 3.51. The molecule has 1 aliphatic rings. The molecule has 1 aliphatic carbocycles. The molecular formula is C14H23N3O3. The Balaban J connectivity index is 2.10. The molecule has 1 N–H and O–H groups in total. The zero-order valence-corrected chi connectivity index (χ0v) is 12.4. The third kappa shape index (κ3) is 3.50. The quantitative estimate of drug-likeness (QED) is 0.862. The number of ether oxygens (including phenoxy) is 3. The van der Waals surface area contributed by atoms with Crippen LogP contribution in [0.3, 0.4) is 0 Å². The Bertz CT molecular complexity index is 428. The van der Waals surface area contributed by atoms with Gasteiger partial charge in [-0.25, -0.2) is 4.98 Å². The summed E-state index contributed by atoms with van der Waals surface area (Å²) in [5, 5.41) is 3.14. The third-order valence-corrected chi connectivity index (χ3v) is 3.51. The molecule has 0 aromatic carbocycles. The average Bonchev–Trinajstić information content (AvgIpc) is 2.48. The van der Waals surface area contributed by atoms with Gasteiger partial charge in [0.1, 0.15) is 12.4 Å². The van der Waals surface area contributed by atoms with Crippen LogP contribution in [0.25, 0.3) is 0 Å². The summed E-state index contributed by atoms with van der Waals surface area (Å²) in [4.78, 5) is 8.37. The maximum Gasteiger partial charge on any atom is 0.262 e. The normalized spacial score (nSPS) is 22.4. The lowest BCUT2D eigenvalue weighted by molar-refractivity contribution is 0.0186. The van der Waals surface area contributed by atoms with Crippen LogP contribution in [0.4, 0.5) is 5.82 Å². The highest BCUT2D eigenvalue weighted by molar-refractivity contribution is 5.54. The second-order valence-corrected chi connectivity index (χ2v) is 4.86. The lowest BCUT2D eigenvalue weighted by Gasteiger charge is -2.28. The number of nitrogens with zero attached hydrogens (tertiary/aromatic N) is 2. The van der Waals surface area contributed by atoms with Crippen LogP contribution in [0.15, 0.2) is 6.33 Å². The monoisotopic (exact) mass is 281 g/mol. The lowest BCUT2D eigenvalue weighted by Crippen LogP contribution is -2.29. The first-order valence-corrected chi connectivity index (χ1v) is 7.10. The Hall–Kier alpha value is -1.56. The molecule has 0 amide bonds. The molecule has 0 radical (unpaired) electrons. The van der Waals surface area contributed by atoms with Gasteiger partial charge >= 0.3 is 0 Å². The van der Waals surface area contributed by atoms with Crippen LogP contribution in [-0.2, 0) is 4.74 Å². The van der Waals surface area contributed by atoms with Gasteiger partial charge in [0.15, 0.2) is 5.82 Å². The fraction of sp³-hybridized carbons (Fsp3) is 0.714. The van der Waals surface area contributed by atoms with Gasteiger partial charge in [-0.15, -0.1) is 0 Å². The summed E-state index contributed by atoms with van der Waals surface area (Å²) in [7, 11) is 3.35. The number of rotatable bonds is 6. The van der Waals surface area contributed by atoms with Crippen LogP contribution in [-0.4, -0.2) is 42.9 Å². The second kappa shape index (κ2) is 7.28. The summed E-state index contributed by atoms with van der Waals surface area (Å²) < 4.78 is 16.8. The molecular weight excluding hydrogens is 258 g/mol. The van der Waals surface area contributed by atoms with Crippen LogP contribution in [0.1, 0.15) is 32.6 Å². The van der Waals surface area contributed by atoms with Gasteiger partial charge in [0.25, 0.3) is 5.88 Å². The van der Waals surface area contributed by atoms with Crippen molar-refractivity contribution in [3.63, 3.8) is 0 Å². The molecule has 6 nitrogen and oxygen atoms in total. The van der Waals surface area contributed by atoms with Gasteiger partial charge in [-0.2, -0.15) is 4.98 Å². The van der Waals surface area contributed by atoms with Crippen molar-refractivity contribution in [1.82, 2.24) is 9.97 Å². The Morgan fingerprint density at radius 2 is 2.05 bits per heavy atom. The highest BCUT2D eigenvalue weighted by Crippen LogP contribution is 2.33. The van der Waals surface area contributed by atoms with E-state index in [9.17, 15) is 0 Å². The SMILES string of the molecule is CCNc1ncnc(OC2CCCC(OC)C2)c1OC. The van der Waals surface area contributed by atoms with E-state index in [0.717, 1.165) is 32.2 Å². The number of nitrogens with one attached hydrogen (secondary N) is 1. The minimum atomic E-state index is 0.118. The molecule has 2 unspecified atom stereocenters. The van der Waals surface area contributed by atoms with Crippen molar-refractivity contribution >= 4 is 5.82 Å². The maximum atomic E-state index is 6.00. The predicted molar refractivity (Wildman–Crippen MR) is 76.4 cm³/mol. The molecule has 1 aromatic rings. The molecule has 2 atom stereocenters. The van der Waals surface area contributed by atoms with E-state index in [1.54, 1.807) is 14.2 Å². The number of methoxy groups -OCH3 is 2. The summed E-state index contributed by atoms with van der Waals surface area (Å²) in [6.45, 7) is 2.77. The van der Waals surface area contributed by atoms with Crippen molar-refractivity contribution in [2.75, 3.05) is 26.1 Å². The number of hydrogen-bond acceptors (Lipinski definition) is 6. The highest BCUT2D eigenvalue weighted by atomic mass is 16.5. The fourth-order valence-electron chi connectivity index (χ4n) is 2.50. The van der Waals surface area contributed by atoms with Gasteiger partial charge in [-0.1, -0.05) is 0 Å². The van der Waals surface area contributed by atoms with Crippen LogP contribution >= 0.6 is 0 Å². The van der Waals surface area contributed by atoms with Gasteiger partial charge in [-0.3, -0.25) is 0 Å². The smallest absolute Gasteiger partial charge is 0.262 e. The Morgan fingerprint density at radius 3 is 2.75 bits per heavy atom. The van der Waals surface area contributed by atoms with Gasteiger partial charge in [0.05, 0.1) is 13.2 Å². The van der Waals surface area contributed by atoms with Gasteiger partial charge in [-0.05, 0) is 26.2 Å². The molecule has 0 spiro atoms. The highest BCUT2D eigenvalue weighted by Gasteiger charge is 2.25. The molecule has 1 heterocycles. The fourth-order valence-corrected chi connectivity index (χ4v) is 2.50. The molecule has 0 bridgehead atoms. The van der Waals surface area contributed by atoms with E-state index in [4.69, 9.17) is 14.2 Å². The summed E-state index contributed by atoms with van der Waals surface area (Å²) >= 11 is 0. The Labute approximate surface area is 119 Å². The molecule has 1 aromatic heterocycles. The topological polar surface area (TPSA) is 65.5 Å². The lowest BCUT2D eigenvalue weighted by atomic mass is 9.95. The minimum Gasteiger partial charge on any atom is -0.489 e. The van der Waals surface area contributed by atoms with Crippen molar-refractivity contribution < 1.29 is 14.2 Å². The van der Waals surface area contributed by atoms with Crippen molar-refractivity contribution in [2.45, 2.75) is 44.8 Å². The van der Waals surface area contributed by atoms with Crippen molar-refractivity contribution in [3.8, 4) is 11.6 Å². The summed E-state index contributed by atoms with van der Waals surface area (Å²) in [5.41, 5.74) is 0. The summed E-state index contributed by atoms with van der Waals surface area (Å²) in [6.07, 6.45) is 5.99. The molecule has 1 saturated carbocycles. The molecule has 6 heteroatoms. The Kier molecular flexibility index (Phi) is 5.40. The van der Waals surface area contributed by atoms with E-state index in [-0.39, 0.29) is 12.2 Å². The predicted octanol–water partition coefficient (Wildman–Crippen LogP) is 2.25. The first kappa shape index (κ1) is 14.8. The number of anilines is 1. The molecule has 0 aliphatic heterocycles. The van der Waals surface area contributed by atoms with Crippen LogP contribution in [0, 0.1) is 0 Å². The van der Waals surface area contributed by atoms with Gasteiger partial charge < -0.3 is 19.5 Å². The first-order chi connectivity index (χ1) is 9.78. The zero-order valence-electron chi connectivity index (χ0n) is 12.4. The largest absolute Gasteiger partial charge is 0.489 e. The van der Waals surface area contributed by atoms with E-state index < -0.39 is 0 Å². The van der Waals surface area contributed by atoms with E-state index in [1.165, 1.54) is 6.33 Å². The zero-order chi connectivity index (χ0) is 14.4. The number of hydrogen-bond donors (Lipinski definition) is 1. The van der Waals surface area contributed by atoms with Gasteiger partial charge in [0.2, 0.25) is 5.75 Å². The molecule has 2 rings (SSSR count). The van der Waals surface area contributed by atoms with E-state index in [0.29, 0.717) is 17.4 Å². The van der Waals surface area contributed by atoms with Crippen LogP contribution < -0.4 is 14.8 Å². The van der Waals surface area contributed by atoms with E-state index in [2.05, 4.69) is 15.3 Å². The molecule has 20 heavy (non-hydrogen) atoms. The van der Waals surface area contributed by atoms with Crippen LogP contribution in [0.2, 0.25) is 0 Å². The molecule has 1 fully saturated rings. The van der Waals surface area contributed by atoms with E-state index in [1.807, 2.05) is 6.92 Å². The van der Waals surface area contributed by atoms with Crippen molar-refractivity contribution in [3.05, 3.63) is 6.33 Å². The van der Waals surface area contributed by atoms with Crippen molar-refractivity contribution in [2.24, 2.45) is 0 Å².